The van der Waals surface area contributed by atoms with Gasteiger partial charge in [0, 0.05) is 29.6 Å². The molecule has 0 saturated heterocycles. The van der Waals surface area contributed by atoms with E-state index in [1.54, 1.807) is 0 Å². The number of hydrogen-bond acceptors (Lipinski definition) is 3. The van der Waals surface area contributed by atoms with Gasteiger partial charge >= 0.3 is 0 Å². The molecule has 0 bridgehead atoms. The molecule has 0 aliphatic heterocycles. The number of H-pyrrole nitrogens is 1. The average molecular weight is 285 g/mol. The number of thiophene rings is 1. The van der Waals surface area contributed by atoms with Crippen LogP contribution in [0.15, 0.2) is 42.0 Å². The van der Waals surface area contributed by atoms with Gasteiger partial charge in [-0.25, -0.2) is 4.98 Å². The lowest BCUT2D eigenvalue weighted by Crippen LogP contribution is -2.24. The van der Waals surface area contributed by atoms with Gasteiger partial charge in [-0.1, -0.05) is 25.1 Å². The number of benzene rings is 1. The molecular weight excluding hydrogens is 266 g/mol. The van der Waals surface area contributed by atoms with Gasteiger partial charge in [-0.15, -0.1) is 11.3 Å². The molecule has 0 aliphatic rings. The van der Waals surface area contributed by atoms with Crippen LogP contribution in [0.4, 0.5) is 0 Å². The predicted octanol–water partition coefficient (Wildman–Crippen LogP) is 3.91. The second-order valence-corrected chi connectivity index (χ2v) is 5.85. The summed E-state index contributed by atoms with van der Waals surface area (Å²) in [6.45, 7) is 3.22. The lowest BCUT2D eigenvalue weighted by atomic mass is 10.0. The SMILES string of the molecule is CCCNC(Cc1ncc[nH]1)c1csc2ccccc12. The van der Waals surface area contributed by atoms with Crippen LogP contribution in [-0.2, 0) is 6.42 Å². The Morgan fingerprint density at radius 3 is 3.05 bits per heavy atom. The molecule has 2 heterocycles. The van der Waals surface area contributed by atoms with E-state index >= 15 is 0 Å². The van der Waals surface area contributed by atoms with Crippen LogP contribution in [0.2, 0.25) is 0 Å². The minimum absolute atomic E-state index is 0.317. The number of nitrogens with zero attached hydrogens (tertiary/aromatic N) is 1. The normalized spacial score (nSPS) is 12.8. The molecule has 0 saturated carbocycles. The van der Waals surface area contributed by atoms with Crippen LogP contribution in [0.25, 0.3) is 10.1 Å². The van der Waals surface area contributed by atoms with Crippen LogP contribution in [0.3, 0.4) is 0 Å². The van der Waals surface area contributed by atoms with E-state index in [1.807, 2.05) is 23.7 Å². The molecule has 1 unspecified atom stereocenters. The van der Waals surface area contributed by atoms with E-state index < -0.39 is 0 Å². The summed E-state index contributed by atoms with van der Waals surface area (Å²) in [5, 5.41) is 7.29. The zero-order valence-corrected chi connectivity index (χ0v) is 12.4. The zero-order chi connectivity index (χ0) is 13.8. The summed E-state index contributed by atoms with van der Waals surface area (Å²) in [5.74, 6) is 1.04. The van der Waals surface area contributed by atoms with Crippen molar-refractivity contribution in [3.8, 4) is 0 Å². The van der Waals surface area contributed by atoms with E-state index in [2.05, 4.69) is 51.9 Å². The molecule has 104 valence electrons. The lowest BCUT2D eigenvalue weighted by Gasteiger charge is -2.17. The number of nitrogens with one attached hydrogen (secondary N) is 2. The van der Waals surface area contributed by atoms with E-state index in [4.69, 9.17) is 0 Å². The highest BCUT2D eigenvalue weighted by Gasteiger charge is 2.16. The van der Waals surface area contributed by atoms with E-state index in [0.717, 1.165) is 25.2 Å². The fourth-order valence-corrected chi connectivity index (χ4v) is 3.50. The van der Waals surface area contributed by atoms with Crippen LogP contribution >= 0.6 is 11.3 Å². The summed E-state index contributed by atoms with van der Waals surface area (Å²) in [6, 6.07) is 8.93. The van der Waals surface area contributed by atoms with Crippen molar-refractivity contribution in [3.63, 3.8) is 0 Å². The third kappa shape index (κ3) is 2.76. The maximum atomic E-state index is 4.36. The third-order valence-electron chi connectivity index (χ3n) is 3.48. The molecule has 3 rings (SSSR count). The Kier molecular flexibility index (Phi) is 4.14. The van der Waals surface area contributed by atoms with Crippen LogP contribution in [0, 0.1) is 0 Å². The van der Waals surface area contributed by atoms with E-state index in [1.165, 1.54) is 15.6 Å². The van der Waals surface area contributed by atoms with Gasteiger partial charge in [0.25, 0.3) is 0 Å². The molecule has 0 radical (unpaired) electrons. The standard InChI is InChI=1S/C16H19N3S/c1-2-7-17-14(10-16-18-8-9-19-16)13-11-20-15-6-4-3-5-12(13)15/h3-6,8-9,11,14,17H,2,7,10H2,1H3,(H,18,19). The molecule has 4 heteroatoms. The third-order valence-corrected chi connectivity index (χ3v) is 4.46. The quantitative estimate of drug-likeness (QED) is 0.721. The maximum Gasteiger partial charge on any atom is 0.107 e. The molecule has 0 fully saturated rings. The van der Waals surface area contributed by atoms with Crippen LogP contribution in [0.5, 0.6) is 0 Å². The Morgan fingerprint density at radius 2 is 2.25 bits per heavy atom. The number of aromatic amines is 1. The molecule has 0 aliphatic carbocycles. The fourth-order valence-electron chi connectivity index (χ4n) is 2.48. The summed E-state index contributed by atoms with van der Waals surface area (Å²) in [7, 11) is 0. The van der Waals surface area contributed by atoms with Gasteiger partial charge in [-0.3, -0.25) is 0 Å². The molecule has 0 spiro atoms. The van der Waals surface area contributed by atoms with Crippen LogP contribution in [0.1, 0.15) is 30.8 Å². The smallest absolute Gasteiger partial charge is 0.107 e. The highest BCUT2D eigenvalue weighted by molar-refractivity contribution is 7.17. The second kappa shape index (κ2) is 6.20. The van der Waals surface area contributed by atoms with Gasteiger partial charge in [0.1, 0.15) is 5.82 Å². The van der Waals surface area contributed by atoms with Gasteiger partial charge in [0.15, 0.2) is 0 Å². The highest BCUT2D eigenvalue weighted by Crippen LogP contribution is 2.31. The van der Waals surface area contributed by atoms with E-state index in [9.17, 15) is 0 Å². The van der Waals surface area contributed by atoms with Gasteiger partial charge < -0.3 is 10.3 Å². The Labute approximate surface area is 123 Å². The first-order valence-electron chi connectivity index (χ1n) is 7.06. The summed E-state index contributed by atoms with van der Waals surface area (Å²) < 4.78 is 1.35. The first kappa shape index (κ1) is 13.3. The number of hydrogen-bond donors (Lipinski definition) is 2. The van der Waals surface area contributed by atoms with Crippen molar-refractivity contribution in [2.24, 2.45) is 0 Å². The molecule has 1 aromatic carbocycles. The summed E-state index contributed by atoms with van der Waals surface area (Å²) in [4.78, 5) is 7.57. The van der Waals surface area contributed by atoms with Crippen molar-refractivity contribution in [3.05, 3.63) is 53.4 Å². The molecular formula is C16H19N3S. The Morgan fingerprint density at radius 1 is 1.35 bits per heavy atom. The van der Waals surface area contributed by atoms with Crippen molar-refractivity contribution in [2.45, 2.75) is 25.8 Å². The largest absolute Gasteiger partial charge is 0.349 e. The number of rotatable bonds is 6. The Hall–Kier alpha value is -1.65. The summed E-state index contributed by atoms with van der Waals surface area (Å²) >= 11 is 1.82. The first-order chi connectivity index (χ1) is 9.88. The lowest BCUT2D eigenvalue weighted by molar-refractivity contribution is 0.524. The van der Waals surface area contributed by atoms with Gasteiger partial charge in [0.2, 0.25) is 0 Å². The van der Waals surface area contributed by atoms with Crippen molar-refractivity contribution in [1.29, 1.82) is 0 Å². The molecule has 1 atom stereocenters. The topological polar surface area (TPSA) is 40.7 Å². The van der Waals surface area contributed by atoms with Crippen molar-refractivity contribution >= 4 is 21.4 Å². The van der Waals surface area contributed by atoms with Crippen molar-refractivity contribution < 1.29 is 0 Å². The Balaban J connectivity index is 1.91. The minimum atomic E-state index is 0.317. The molecule has 2 N–H and O–H groups in total. The zero-order valence-electron chi connectivity index (χ0n) is 11.6. The van der Waals surface area contributed by atoms with Crippen LogP contribution in [-0.4, -0.2) is 16.5 Å². The Bertz CT molecular complexity index is 657. The summed E-state index contributed by atoms with van der Waals surface area (Å²) in [6.07, 6.45) is 5.74. The highest BCUT2D eigenvalue weighted by atomic mass is 32.1. The number of fused-ring (bicyclic) bond motifs is 1. The van der Waals surface area contributed by atoms with Crippen molar-refractivity contribution in [1.82, 2.24) is 15.3 Å². The second-order valence-electron chi connectivity index (χ2n) is 4.93. The van der Waals surface area contributed by atoms with E-state index in [0.29, 0.717) is 6.04 Å². The minimum Gasteiger partial charge on any atom is -0.349 e. The predicted molar refractivity (Wildman–Crippen MR) is 85.2 cm³/mol. The number of imidazole rings is 1. The average Bonchev–Trinajstić information content (AvgIpc) is 3.12. The first-order valence-corrected chi connectivity index (χ1v) is 7.94. The van der Waals surface area contributed by atoms with Crippen LogP contribution < -0.4 is 5.32 Å². The maximum absolute atomic E-state index is 4.36. The number of aromatic nitrogens is 2. The van der Waals surface area contributed by atoms with E-state index in [-0.39, 0.29) is 0 Å². The molecule has 3 nitrogen and oxygen atoms in total. The molecule has 0 amide bonds. The fraction of sp³-hybridized carbons (Fsp3) is 0.312. The monoisotopic (exact) mass is 285 g/mol. The molecule has 2 aromatic heterocycles. The molecule has 3 aromatic rings. The van der Waals surface area contributed by atoms with Crippen molar-refractivity contribution in [2.75, 3.05) is 6.54 Å². The van der Waals surface area contributed by atoms with Gasteiger partial charge in [0.05, 0.1) is 0 Å². The van der Waals surface area contributed by atoms with Gasteiger partial charge in [-0.05, 0) is 35.4 Å². The molecule has 20 heavy (non-hydrogen) atoms. The summed E-state index contributed by atoms with van der Waals surface area (Å²) in [5.41, 5.74) is 1.38. The van der Waals surface area contributed by atoms with Gasteiger partial charge in [-0.2, -0.15) is 0 Å².